The number of rotatable bonds is 3. The van der Waals surface area contributed by atoms with Crippen molar-refractivity contribution >= 4 is 51.7 Å². The van der Waals surface area contributed by atoms with Crippen LogP contribution in [0, 0.1) is 18.3 Å². The lowest BCUT2D eigenvalue weighted by Crippen LogP contribution is -1.99. The molecule has 7 heteroatoms. The smallest absolute Gasteiger partial charge is 0.348 e. The van der Waals surface area contributed by atoms with Gasteiger partial charge in [-0.1, -0.05) is 29.3 Å². The maximum Gasteiger partial charge on any atom is 0.348 e. The highest BCUT2D eigenvalue weighted by Crippen LogP contribution is 2.35. The summed E-state index contributed by atoms with van der Waals surface area (Å²) in [5, 5.41) is 10.6. The van der Waals surface area contributed by atoms with E-state index >= 15 is 0 Å². The lowest BCUT2D eigenvalue weighted by molar-refractivity contribution is 0.0605. The van der Waals surface area contributed by atoms with Gasteiger partial charge in [0.25, 0.3) is 0 Å². The maximum atomic E-state index is 11.7. The Morgan fingerprint density at radius 1 is 1.41 bits per heavy atom. The molecule has 2 rings (SSSR count). The van der Waals surface area contributed by atoms with Gasteiger partial charge in [-0.3, -0.25) is 0 Å². The summed E-state index contributed by atoms with van der Waals surface area (Å²) >= 11 is 12.9. The largest absolute Gasteiger partial charge is 0.465 e. The van der Waals surface area contributed by atoms with Crippen LogP contribution in [0.5, 0.6) is 0 Å². The molecule has 0 saturated carbocycles. The van der Waals surface area contributed by atoms with Gasteiger partial charge in [0, 0.05) is 6.21 Å². The number of nitrogens with zero attached hydrogens (tertiary/aromatic N) is 2. The number of thiophene rings is 1. The third kappa shape index (κ3) is 3.30. The highest BCUT2D eigenvalue weighted by atomic mass is 35.5. The lowest BCUT2D eigenvalue weighted by atomic mass is 10.2. The average molecular weight is 353 g/mol. The van der Waals surface area contributed by atoms with E-state index in [0.29, 0.717) is 31.1 Å². The van der Waals surface area contributed by atoms with Crippen LogP contribution in [-0.2, 0) is 4.74 Å². The van der Waals surface area contributed by atoms with Gasteiger partial charge in [0.1, 0.15) is 15.9 Å². The zero-order valence-corrected chi connectivity index (χ0v) is 14.0. The first-order valence-electron chi connectivity index (χ1n) is 6.08. The van der Waals surface area contributed by atoms with Gasteiger partial charge in [-0.2, -0.15) is 5.26 Å². The Morgan fingerprint density at radius 2 is 2.14 bits per heavy atom. The quantitative estimate of drug-likeness (QED) is 0.590. The number of benzene rings is 1. The van der Waals surface area contributed by atoms with Gasteiger partial charge in [0.2, 0.25) is 0 Å². The van der Waals surface area contributed by atoms with E-state index in [4.69, 9.17) is 27.9 Å². The van der Waals surface area contributed by atoms with Crippen molar-refractivity contribution in [3.63, 3.8) is 0 Å². The molecule has 0 saturated heterocycles. The van der Waals surface area contributed by atoms with Crippen molar-refractivity contribution in [2.75, 3.05) is 7.11 Å². The number of hydrogen-bond donors (Lipinski definition) is 0. The third-order valence-electron chi connectivity index (χ3n) is 2.89. The summed E-state index contributed by atoms with van der Waals surface area (Å²) in [6.45, 7) is 1.69. The van der Waals surface area contributed by atoms with Crippen molar-refractivity contribution in [2.24, 2.45) is 4.99 Å². The van der Waals surface area contributed by atoms with Crippen molar-refractivity contribution in [1.82, 2.24) is 0 Å². The number of methoxy groups -OCH3 is 1. The average Bonchev–Trinajstić information content (AvgIpc) is 2.83. The molecule has 0 radical (unpaired) electrons. The molecule has 0 unspecified atom stereocenters. The number of nitriles is 1. The molecular formula is C15H10Cl2N2O2S. The number of aliphatic imine (C=N–C) groups is 1. The first-order valence-corrected chi connectivity index (χ1v) is 7.66. The number of esters is 1. The molecule has 112 valence electrons. The Kier molecular flexibility index (Phi) is 5.19. The van der Waals surface area contributed by atoms with E-state index in [2.05, 4.69) is 11.1 Å². The molecule has 0 aliphatic heterocycles. The SMILES string of the molecule is COC(=O)c1sc(/N=C/c2ccc(Cl)c(Cl)c2)c(C#N)c1C. The van der Waals surface area contributed by atoms with E-state index in [-0.39, 0.29) is 0 Å². The number of hydrogen-bond acceptors (Lipinski definition) is 5. The molecule has 0 aliphatic rings. The molecule has 1 aromatic heterocycles. The predicted molar refractivity (Wildman–Crippen MR) is 88.8 cm³/mol. The summed E-state index contributed by atoms with van der Waals surface area (Å²) in [6, 6.07) is 7.15. The molecule has 0 aliphatic carbocycles. The molecule has 0 bridgehead atoms. The van der Waals surface area contributed by atoms with Gasteiger partial charge in [-0.05, 0) is 30.2 Å². The first-order chi connectivity index (χ1) is 10.5. The summed E-state index contributed by atoms with van der Waals surface area (Å²) in [5.74, 6) is -0.477. The Morgan fingerprint density at radius 3 is 2.73 bits per heavy atom. The molecule has 0 N–H and O–H groups in total. The van der Waals surface area contributed by atoms with Gasteiger partial charge >= 0.3 is 5.97 Å². The molecule has 22 heavy (non-hydrogen) atoms. The first kappa shape index (κ1) is 16.5. The number of carbonyl (C=O) groups is 1. The Labute approximate surface area is 141 Å². The summed E-state index contributed by atoms with van der Waals surface area (Å²) in [7, 11) is 1.30. The van der Waals surface area contributed by atoms with E-state index in [0.717, 1.165) is 16.9 Å². The van der Waals surface area contributed by atoms with Crippen LogP contribution in [-0.4, -0.2) is 19.3 Å². The Hall–Kier alpha value is -1.87. The Balaban J connectivity index is 2.40. The van der Waals surface area contributed by atoms with Gasteiger partial charge < -0.3 is 4.74 Å². The van der Waals surface area contributed by atoms with E-state index in [1.165, 1.54) is 7.11 Å². The number of halogens is 2. The zero-order valence-electron chi connectivity index (χ0n) is 11.7. The van der Waals surface area contributed by atoms with Crippen LogP contribution in [0.3, 0.4) is 0 Å². The fourth-order valence-corrected chi connectivity index (χ4v) is 3.06. The summed E-state index contributed by atoms with van der Waals surface area (Å²) in [4.78, 5) is 16.3. The molecule has 0 atom stereocenters. The fourth-order valence-electron chi connectivity index (χ4n) is 1.73. The third-order valence-corrected chi connectivity index (χ3v) is 4.80. The predicted octanol–water partition coefficient (Wildman–Crippen LogP) is 4.77. The minimum Gasteiger partial charge on any atom is -0.465 e. The number of ether oxygens (including phenoxy) is 1. The van der Waals surface area contributed by atoms with Crippen molar-refractivity contribution < 1.29 is 9.53 Å². The van der Waals surface area contributed by atoms with Gasteiger partial charge in [-0.15, -0.1) is 11.3 Å². The van der Waals surface area contributed by atoms with E-state index in [1.54, 1.807) is 31.3 Å². The topological polar surface area (TPSA) is 62.4 Å². The lowest BCUT2D eigenvalue weighted by Gasteiger charge is -1.96. The highest BCUT2D eigenvalue weighted by molar-refractivity contribution is 7.18. The standard InChI is InChI=1S/C15H10Cl2N2O2S/c1-8-10(6-18)14(22-13(8)15(20)21-2)19-7-9-3-4-11(16)12(17)5-9/h3-5,7H,1-2H3/b19-7+. The van der Waals surface area contributed by atoms with Gasteiger partial charge in [0.05, 0.1) is 22.7 Å². The Bertz CT molecular complexity index is 807. The molecule has 4 nitrogen and oxygen atoms in total. The number of carbonyl (C=O) groups excluding carboxylic acids is 1. The summed E-state index contributed by atoms with van der Waals surface area (Å²) in [5.41, 5.74) is 1.67. The zero-order chi connectivity index (χ0) is 16.3. The van der Waals surface area contributed by atoms with Crippen LogP contribution in [0.1, 0.15) is 26.4 Å². The fraction of sp³-hybridized carbons (Fsp3) is 0.133. The molecule has 1 aromatic carbocycles. The monoisotopic (exact) mass is 352 g/mol. The minimum absolute atomic E-state index is 0.363. The van der Waals surface area contributed by atoms with Crippen LogP contribution < -0.4 is 0 Å². The normalized spacial score (nSPS) is 10.7. The van der Waals surface area contributed by atoms with Crippen LogP contribution in [0.25, 0.3) is 0 Å². The molecule has 0 fully saturated rings. The van der Waals surface area contributed by atoms with Crippen LogP contribution in [0.4, 0.5) is 5.00 Å². The molecule has 1 heterocycles. The minimum atomic E-state index is -0.477. The van der Waals surface area contributed by atoms with Gasteiger partial charge in [-0.25, -0.2) is 9.79 Å². The molecular weight excluding hydrogens is 343 g/mol. The summed E-state index contributed by atoms with van der Waals surface area (Å²) in [6.07, 6.45) is 1.56. The van der Waals surface area contributed by atoms with E-state index in [1.807, 2.05) is 0 Å². The van der Waals surface area contributed by atoms with Crippen LogP contribution in [0.2, 0.25) is 10.0 Å². The molecule has 0 spiro atoms. The summed E-state index contributed by atoms with van der Waals surface area (Å²) < 4.78 is 4.70. The van der Waals surface area contributed by atoms with Gasteiger partial charge in [0.15, 0.2) is 0 Å². The van der Waals surface area contributed by atoms with E-state index < -0.39 is 5.97 Å². The highest BCUT2D eigenvalue weighted by Gasteiger charge is 2.20. The van der Waals surface area contributed by atoms with Crippen LogP contribution >= 0.6 is 34.5 Å². The van der Waals surface area contributed by atoms with Crippen molar-refractivity contribution in [2.45, 2.75) is 6.92 Å². The molecule has 2 aromatic rings. The van der Waals surface area contributed by atoms with Crippen molar-refractivity contribution in [1.29, 1.82) is 5.26 Å². The second kappa shape index (κ2) is 6.93. The van der Waals surface area contributed by atoms with Crippen molar-refractivity contribution in [3.05, 3.63) is 49.8 Å². The van der Waals surface area contributed by atoms with Crippen molar-refractivity contribution in [3.8, 4) is 6.07 Å². The second-order valence-electron chi connectivity index (χ2n) is 4.27. The molecule has 0 amide bonds. The second-order valence-corrected chi connectivity index (χ2v) is 6.08. The maximum absolute atomic E-state index is 11.7. The van der Waals surface area contributed by atoms with E-state index in [9.17, 15) is 10.1 Å². The van der Waals surface area contributed by atoms with Crippen LogP contribution in [0.15, 0.2) is 23.2 Å².